The maximum atomic E-state index is 12.2. The van der Waals surface area contributed by atoms with Gasteiger partial charge in [-0.3, -0.25) is 9.59 Å². The molecule has 2 rings (SSSR count). The zero-order chi connectivity index (χ0) is 19.3. The highest BCUT2D eigenvalue weighted by Gasteiger charge is 2.13. The number of halogens is 1. The highest BCUT2D eigenvalue weighted by molar-refractivity contribution is 6.33. The van der Waals surface area contributed by atoms with Crippen molar-refractivity contribution in [1.29, 1.82) is 0 Å². The monoisotopic (exact) mass is 373 g/mol. The predicted molar refractivity (Wildman–Crippen MR) is 107 cm³/mol. The predicted octanol–water partition coefficient (Wildman–Crippen LogP) is 4.05. The molecule has 138 valence electrons. The van der Waals surface area contributed by atoms with Crippen LogP contribution < -0.4 is 16.0 Å². The van der Waals surface area contributed by atoms with Crippen LogP contribution in [0.1, 0.15) is 36.7 Å². The lowest BCUT2D eigenvalue weighted by Gasteiger charge is -2.19. The molecule has 2 aromatic rings. The molecule has 0 saturated carbocycles. The number of benzene rings is 2. The van der Waals surface area contributed by atoms with E-state index in [0.717, 1.165) is 5.69 Å². The average Bonchev–Trinajstić information content (AvgIpc) is 2.60. The fraction of sp³-hybridized carbons (Fsp3) is 0.300. The quantitative estimate of drug-likeness (QED) is 0.740. The minimum atomic E-state index is -0.215. The summed E-state index contributed by atoms with van der Waals surface area (Å²) < 4.78 is 0. The average molecular weight is 374 g/mol. The molecule has 2 aromatic carbocycles. The van der Waals surface area contributed by atoms with E-state index in [1.165, 1.54) is 5.56 Å². The van der Waals surface area contributed by atoms with E-state index in [0.29, 0.717) is 16.3 Å². The maximum Gasteiger partial charge on any atom is 0.251 e. The Morgan fingerprint density at radius 1 is 1.04 bits per heavy atom. The second-order valence-electron chi connectivity index (χ2n) is 7.00. The van der Waals surface area contributed by atoms with Crippen LogP contribution in [0.3, 0.4) is 0 Å². The maximum absolute atomic E-state index is 12.2. The minimum absolute atomic E-state index is 0.0396. The first kappa shape index (κ1) is 19.8. The summed E-state index contributed by atoms with van der Waals surface area (Å²) >= 11 is 6.12. The van der Waals surface area contributed by atoms with Gasteiger partial charge in [-0.15, -0.1) is 0 Å². The number of amides is 2. The normalized spacial score (nSPS) is 11.0. The Morgan fingerprint density at radius 3 is 2.27 bits per heavy atom. The molecule has 0 aliphatic rings. The second kappa shape index (κ2) is 8.23. The van der Waals surface area contributed by atoms with Crippen LogP contribution in [-0.4, -0.2) is 25.4 Å². The largest absolute Gasteiger partial charge is 0.375 e. The number of hydrogen-bond acceptors (Lipinski definition) is 3. The van der Waals surface area contributed by atoms with Crippen LogP contribution in [0.4, 0.5) is 11.4 Å². The second-order valence-corrected chi connectivity index (χ2v) is 7.41. The number of carbonyl (C=O) groups excluding carboxylic acids is 2. The van der Waals surface area contributed by atoms with Crippen molar-refractivity contribution >= 4 is 34.8 Å². The fourth-order valence-electron chi connectivity index (χ4n) is 2.38. The lowest BCUT2D eigenvalue weighted by atomic mass is 9.87. The zero-order valence-corrected chi connectivity index (χ0v) is 16.2. The van der Waals surface area contributed by atoms with Crippen molar-refractivity contribution in [3.63, 3.8) is 0 Å². The van der Waals surface area contributed by atoms with Gasteiger partial charge in [0, 0.05) is 18.3 Å². The molecule has 0 aliphatic heterocycles. The number of nitrogens with one attached hydrogen (secondary N) is 3. The van der Waals surface area contributed by atoms with Crippen LogP contribution in [0.15, 0.2) is 42.5 Å². The van der Waals surface area contributed by atoms with Gasteiger partial charge in [-0.05, 0) is 41.3 Å². The first-order chi connectivity index (χ1) is 12.2. The van der Waals surface area contributed by atoms with Crippen LogP contribution >= 0.6 is 11.6 Å². The van der Waals surface area contributed by atoms with Gasteiger partial charge in [-0.1, -0.05) is 44.5 Å². The van der Waals surface area contributed by atoms with Crippen molar-refractivity contribution in [2.24, 2.45) is 0 Å². The number of carbonyl (C=O) groups is 2. The standard InChI is InChI=1S/C20H24ClN3O2/c1-20(2,3)14-6-8-15(9-7-14)24-18(25)12-23-17-11-13(19(26)22-4)5-10-16(17)21/h5-11,23H,12H2,1-4H3,(H,22,26)(H,24,25). The van der Waals surface area contributed by atoms with Gasteiger partial charge in [0.05, 0.1) is 17.3 Å². The van der Waals surface area contributed by atoms with Crippen molar-refractivity contribution in [3.05, 3.63) is 58.6 Å². The SMILES string of the molecule is CNC(=O)c1ccc(Cl)c(NCC(=O)Nc2ccc(C(C)(C)C)cc2)c1. The molecule has 5 nitrogen and oxygen atoms in total. The van der Waals surface area contributed by atoms with E-state index in [9.17, 15) is 9.59 Å². The van der Waals surface area contributed by atoms with Gasteiger partial charge in [0.1, 0.15) is 0 Å². The van der Waals surface area contributed by atoms with E-state index >= 15 is 0 Å². The van der Waals surface area contributed by atoms with E-state index in [4.69, 9.17) is 11.6 Å². The van der Waals surface area contributed by atoms with Crippen molar-refractivity contribution in [3.8, 4) is 0 Å². The highest BCUT2D eigenvalue weighted by Crippen LogP contribution is 2.24. The van der Waals surface area contributed by atoms with Crippen LogP contribution in [0.25, 0.3) is 0 Å². The first-order valence-electron chi connectivity index (χ1n) is 8.36. The van der Waals surface area contributed by atoms with Crippen LogP contribution in [0.5, 0.6) is 0 Å². The molecule has 2 amide bonds. The molecule has 0 saturated heterocycles. The Hall–Kier alpha value is -2.53. The van der Waals surface area contributed by atoms with Gasteiger partial charge < -0.3 is 16.0 Å². The molecule has 0 atom stereocenters. The van der Waals surface area contributed by atoms with Gasteiger partial charge in [-0.2, -0.15) is 0 Å². The van der Waals surface area contributed by atoms with E-state index in [-0.39, 0.29) is 23.8 Å². The lowest BCUT2D eigenvalue weighted by molar-refractivity contribution is -0.114. The molecule has 0 radical (unpaired) electrons. The summed E-state index contributed by atoms with van der Waals surface area (Å²) in [6, 6.07) is 12.7. The molecule has 0 aromatic heterocycles. The molecule has 0 heterocycles. The molecule has 0 unspecified atom stereocenters. The molecule has 3 N–H and O–H groups in total. The van der Waals surface area contributed by atoms with Gasteiger partial charge in [-0.25, -0.2) is 0 Å². The van der Waals surface area contributed by atoms with Crippen molar-refractivity contribution in [2.75, 3.05) is 24.2 Å². The van der Waals surface area contributed by atoms with Crippen molar-refractivity contribution < 1.29 is 9.59 Å². The smallest absolute Gasteiger partial charge is 0.251 e. The Balaban J connectivity index is 1.98. The summed E-state index contributed by atoms with van der Waals surface area (Å²) in [6.07, 6.45) is 0. The van der Waals surface area contributed by atoms with Gasteiger partial charge in [0.15, 0.2) is 0 Å². The van der Waals surface area contributed by atoms with E-state index in [1.54, 1.807) is 25.2 Å². The first-order valence-corrected chi connectivity index (χ1v) is 8.74. The molecule has 0 fully saturated rings. The molecular formula is C20H24ClN3O2. The Morgan fingerprint density at radius 2 is 1.69 bits per heavy atom. The Bertz CT molecular complexity index is 796. The zero-order valence-electron chi connectivity index (χ0n) is 15.4. The van der Waals surface area contributed by atoms with E-state index < -0.39 is 0 Å². The van der Waals surface area contributed by atoms with Gasteiger partial charge in [0.2, 0.25) is 5.91 Å². The van der Waals surface area contributed by atoms with Crippen molar-refractivity contribution in [1.82, 2.24) is 5.32 Å². The van der Waals surface area contributed by atoms with E-state index in [2.05, 4.69) is 36.7 Å². The summed E-state index contributed by atoms with van der Waals surface area (Å²) in [6.45, 7) is 6.46. The van der Waals surface area contributed by atoms with Crippen LogP contribution in [-0.2, 0) is 10.2 Å². The molecule has 0 bridgehead atoms. The van der Waals surface area contributed by atoms with Crippen molar-refractivity contribution in [2.45, 2.75) is 26.2 Å². The number of hydrogen-bond donors (Lipinski definition) is 3. The molecule has 6 heteroatoms. The summed E-state index contributed by atoms with van der Waals surface area (Å²) in [7, 11) is 1.56. The molecule has 0 spiro atoms. The van der Waals surface area contributed by atoms with Crippen LogP contribution in [0.2, 0.25) is 5.02 Å². The number of anilines is 2. The molecular weight excluding hydrogens is 350 g/mol. The minimum Gasteiger partial charge on any atom is -0.375 e. The summed E-state index contributed by atoms with van der Waals surface area (Å²) in [4.78, 5) is 23.9. The van der Waals surface area contributed by atoms with Gasteiger partial charge in [0.25, 0.3) is 5.91 Å². The number of rotatable bonds is 5. The Labute approximate surface area is 159 Å². The Kier molecular flexibility index (Phi) is 6.27. The summed E-state index contributed by atoms with van der Waals surface area (Å²) in [5, 5.41) is 8.79. The highest BCUT2D eigenvalue weighted by atomic mass is 35.5. The van der Waals surface area contributed by atoms with E-state index in [1.807, 2.05) is 24.3 Å². The lowest BCUT2D eigenvalue weighted by Crippen LogP contribution is -2.22. The third-order valence-electron chi connectivity index (χ3n) is 3.93. The summed E-state index contributed by atoms with van der Waals surface area (Å²) in [5.41, 5.74) is 3.00. The topological polar surface area (TPSA) is 70.2 Å². The molecule has 26 heavy (non-hydrogen) atoms. The molecule has 0 aliphatic carbocycles. The third kappa shape index (κ3) is 5.23. The van der Waals surface area contributed by atoms with Gasteiger partial charge >= 0.3 is 0 Å². The third-order valence-corrected chi connectivity index (χ3v) is 4.26. The van der Waals surface area contributed by atoms with Crippen LogP contribution in [0, 0.1) is 0 Å². The summed E-state index contributed by atoms with van der Waals surface area (Å²) in [5.74, 6) is -0.414. The fourth-order valence-corrected chi connectivity index (χ4v) is 2.56.